The van der Waals surface area contributed by atoms with Crippen LogP contribution in [0.2, 0.25) is 0 Å². The van der Waals surface area contributed by atoms with E-state index in [2.05, 4.69) is 21.7 Å². The summed E-state index contributed by atoms with van der Waals surface area (Å²) in [5.74, 6) is 0.332. The van der Waals surface area contributed by atoms with Crippen molar-refractivity contribution in [1.82, 2.24) is 4.98 Å². The number of carbonyl (C=O) groups is 2. The fourth-order valence-corrected chi connectivity index (χ4v) is 4.32. The van der Waals surface area contributed by atoms with Gasteiger partial charge in [0.25, 0.3) is 11.8 Å². The summed E-state index contributed by atoms with van der Waals surface area (Å²) >= 11 is 1.27. The van der Waals surface area contributed by atoms with Crippen molar-refractivity contribution in [2.24, 2.45) is 0 Å². The molecule has 3 aromatic carbocycles. The Hall–Kier alpha value is -4.26. The van der Waals surface area contributed by atoms with Crippen LogP contribution < -0.4 is 15.4 Å². The first-order valence-electron chi connectivity index (χ1n) is 11.1. The first-order chi connectivity index (χ1) is 17.2. The number of aliphatic hydroxyl groups is 1. The van der Waals surface area contributed by atoms with E-state index in [1.54, 1.807) is 42.5 Å². The number of hydrogen-bond acceptors (Lipinski definition) is 7. The molecule has 1 heterocycles. The number of nitriles is 1. The minimum absolute atomic E-state index is 0.288. The smallest absolute Gasteiger partial charge is 0.255 e. The molecule has 0 aliphatic heterocycles. The molecule has 36 heavy (non-hydrogen) atoms. The number of benzene rings is 3. The van der Waals surface area contributed by atoms with E-state index in [0.717, 1.165) is 15.8 Å². The van der Waals surface area contributed by atoms with Gasteiger partial charge in [0.05, 0.1) is 21.7 Å². The topological polar surface area (TPSA) is 124 Å². The molecule has 8 nitrogen and oxygen atoms in total. The monoisotopic (exact) mass is 500 g/mol. The molecule has 0 aliphatic rings. The Morgan fingerprint density at radius 2 is 1.92 bits per heavy atom. The molecule has 0 saturated carbocycles. The molecule has 0 aliphatic carbocycles. The van der Waals surface area contributed by atoms with Gasteiger partial charge in [-0.2, -0.15) is 5.26 Å². The molecule has 0 saturated heterocycles. The minimum Gasteiger partial charge on any atom is -0.457 e. The van der Waals surface area contributed by atoms with Crippen LogP contribution in [0.25, 0.3) is 10.2 Å². The summed E-state index contributed by atoms with van der Waals surface area (Å²) in [5.41, 5.74) is 2.66. The van der Waals surface area contributed by atoms with E-state index in [9.17, 15) is 14.9 Å². The number of rotatable bonds is 7. The van der Waals surface area contributed by atoms with Gasteiger partial charge in [0.1, 0.15) is 18.1 Å². The number of aromatic nitrogens is 1. The molecule has 0 radical (unpaired) electrons. The fraction of sp³-hybridized carbons (Fsp3) is 0.185. The number of nitrogens with one attached hydrogen (secondary N) is 2. The third kappa shape index (κ3) is 5.51. The predicted molar refractivity (Wildman–Crippen MR) is 140 cm³/mol. The maximum Gasteiger partial charge on any atom is 0.255 e. The van der Waals surface area contributed by atoms with Crippen LogP contribution in [0.5, 0.6) is 11.5 Å². The number of anilines is 2. The Labute approximate surface area is 212 Å². The summed E-state index contributed by atoms with van der Waals surface area (Å²) in [6.07, 6.45) is 0. The molecule has 1 aromatic heterocycles. The van der Waals surface area contributed by atoms with Gasteiger partial charge in [-0.25, -0.2) is 4.98 Å². The molecular weight excluding hydrogens is 476 g/mol. The Balaban J connectivity index is 1.52. The molecule has 0 bridgehead atoms. The SMILES string of the molecule is Cc1ccc(NC(=O)c2cccc(C(C)(C)C#N)c2)cc1Oc1ccc2nc(NC(=O)CO)sc2c1. The maximum atomic E-state index is 12.9. The summed E-state index contributed by atoms with van der Waals surface area (Å²) in [5, 5.41) is 24.1. The van der Waals surface area contributed by atoms with Crippen LogP contribution in [0.1, 0.15) is 35.3 Å². The van der Waals surface area contributed by atoms with E-state index in [1.165, 1.54) is 11.3 Å². The summed E-state index contributed by atoms with van der Waals surface area (Å²) in [6, 6.07) is 20.1. The summed E-state index contributed by atoms with van der Waals surface area (Å²) in [6.45, 7) is 4.91. The van der Waals surface area contributed by atoms with Gasteiger partial charge in [0, 0.05) is 23.4 Å². The quantitative estimate of drug-likeness (QED) is 0.313. The van der Waals surface area contributed by atoms with E-state index in [0.29, 0.717) is 33.4 Å². The van der Waals surface area contributed by atoms with Crippen molar-refractivity contribution in [3.8, 4) is 17.6 Å². The highest BCUT2D eigenvalue weighted by Crippen LogP contribution is 2.33. The lowest BCUT2D eigenvalue weighted by Gasteiger charge is -2.16. The lowest BCUT2D eigenvalue weighted by Crippen LogP contribution is -2.17. The standard InChI is InChI=1S/C27H24N4O4S/c1-16-7-8-19(29-25(34)17-5-4-6-18(11-17)27(2,3)15-28)12-22(16)35-20-9-10-21-23(13-20)36-26(30-21)31-24(33)14-32/h4-13,32H,14H2,1-3H3,(H,29,34)(H,30,31,33). The largest absolute Gasteiger partial charge is 0.457 e. The van der Waals surface area contributed by atoms with Crippen LogP contribution in [0.4, 0.5) is 10.8 Å². The maximum absolute atomic E-state index is 12.9. The average Bonchev–Trinajstić information content (AvgIpc) is 3.27. The highest BCUT2D eigenvalue weighted by Gasteiger charge is 2.21. The summed E-state index contributed by atoms with van der Waals surface area (Å²) in [7, 11) is 0. The highest BCUT2D eigenvalue weighted by atomic mass is 32.1. The van der Waals surface area contributed by atoms with Gasteiger partial charge in [-0.05, 0) is 62.2 Å². The van der Waals surface area contributed by atoms with E-state index >= 15 is 0 Å². The van der Waals surface area contributed by atoms with Gasteiger partial charge in [-0.1, -0.05) is 29.5 Å². The molecule has 0 unspecified atom stereocenters. The van der Waals surface area contributed by atoms with Crippen molar-refractivity contribution in [3.05, 3.63) is 77.4 Å². The first kappa shape index (κ1) is 24.9. The van der Waals surface area contributed by atoms with Gasteiger partial charge >= 0.3 is 0 Å². The molecular formula is C27H24N4O4S. The molecule has 3 N–H and O–H groups in total. The lowest BCUT2D eigenvalue weighted by molar-refractivity contribution is -0.118. The number of fused-ring (bicyclic) bond motifs is 1. The predicted octanol–water partition coefficient (Wildman–Crippen LogP) is 5.38. The van der Waals surface area contributed by atoms with Gasteiger partial charge in [-0.15, -0.1) is 0 Å². The molecule has 0 atom stereocenters. The van der Waals surface area contributed by atoms with Gasteiger partial charge < -0.3 is 15.2 Å². The fourth-order valence-electron chi connectivity index (χ4n) is 3.41. The molecule has 4 aromatic rings. The van der Waals surface area contributed by atoms with Crippen molar-refractivity contribution in [2.75, 3.05) is 17.2 Å². The van der Waals surface area contributed by atoms with Crippen molar-refractivity contribution in [3.63, 3.8) is 0 Å². The molecule has 0 fully saturated rings. The number of hydrogen-bond donors (Lipinski definition) is 3. The summed E-state index contributed by atoms with van der Waals surface area (Å²) in [4.78, 5) is 28.6. The third-order valence-electron chi connectivity index (χ3n) is 5.55. The number of ether oxygens (including phenoxy) is 1. The molecule has 4 rings (SSSR count). The molecule has 9 heteroatoms. The number of aliphatic hydroxyl groups excluding tert-OH is 1. The average molecular weight is 501 g/mol. The molecule has 182 valence electrons. The normalized spacial score (nSPS) is 11.1. The van der Waals surface area contributed by atoms with Gasteiger partial charge in [-0.3, -0.25) is 14.9 Å². The third-order valence-corrected chi connectivity index (χ3v) is 6.48. The zero-order valence-electron chi connectivity index (χ0n) is 20.0. The Morgan fingerprint density at radius 1 is 1.11 bits per heavy atom. The zero-order chi connectivity index (χ0) is 25.9. The van der Waals surface area contributed by atoms with Gasteiger partial charge in [0.15, 0.2) is 5.13 Å². The Bertz CT molecular complexity index is 1500. The number of aryl methyl sites for hydroxylation is 1. The Kier molecular flexibility index (Phi) is 7.01. The van der Waals surface area contributed by atoms with Crippen LogP contribution in [-0.4, -0.2) is 28.5 Å². The van der Waals surface area contributed by atoms with E-state index in [4.69, 9.17) is 9.84 Å². The van der Waals surface area contributed by atoms with E-state index in [1.807, 2.05) is 39.0 Å². The van der Waals surface area contributed by atoms with Crippen molar-refractivity contribution in [2.45, 2.75) is 26.2 Å². The second-order valence-corrected chi connectivity index (χ2v) is 9.74. The lowest BCUT2D eigenvalue weighted by atomic mass is 9.85. The van der Waals surface area contributed by atoms with Crippen LogP contribution in [0.3, 0.4) is 0 Å². The molecule has 0 spiro atoms. The summed E-state index contributed by atoms with van der Waals surface area (Å²) < 4.78 is 6.91. The van der Waals surface area contributed by atoms with Crippen LogP contribution in [-0.2, 0) is 10.2 Å². The van der Waals surface area contributed by atoms with Crippen LogP contribution >= 0.6 is 11.3 Å². The van der Waals surface area contributed by atoms with E-state index in [-0.39, 0.29) is 5.91 Å². The number of carbonyl (C=O) groups excluding carboxylic acids is 2. The number of amides is 2. The van der Waals surface area contributed by atoms with Gasteiger partial charge in [0.2, 0.25) is 0 Å². The van der Waals surface area contributed by atoms with E-state index < -0.39 is 17.9 Å². The highest BCUT2D eigenvalue weighted by molar-refractivity contribution is 7.22. The van der Waals surface area contributed by atoms with Crippen molar-refractivity contribution in [1.29, 1.82) is 5.26 Å². The van der Waals surface area contributed by atoms with Crippen LogP contribution in [0.15, 0.2) is 60.7 Å². The van der Waals surface area contributed by atoms with Crippen molar-refractivity contribution >= 4 is 44.2 Å². The first-order valence-corrected chi connectivity index (χ1v) is 11.9. The minimum atomic E-state index is -0.703. The number of thiazole rings is 1. The number of nitrogens with zero attached hydrogens (tertiary/aromatic N) is 2. The molecule has 2 amide bonds. The van der Waals surface area contributed by atoms with Crippen molar-refractivity contribution < 1.29 is 19.4 Å². The second-order valence-electron chi connectivity index (χ2n) is 8.71. The zero-order valence-corrected chi connectivity index (χ0v) is 20.8. The van der Waals surface area contributed by atoms with Crippen LogP contribution in [0, 0.1) is 18.3 Å². The second kappa shape index (κ2) is 10.2. The Morgan fingerprint density at radius 3 is 2.67 bits per heavy atom.